The zero-order valence-corrected chi connectivity index (χ0v) is 13.7. The van der Waals surface area contributed by atoms with E-state index in [9.17, 15) is 0 Å². The molecule has 0 heterocycles. The molecule has 0 N–H and O–H groups in total. The molecule has 15 heavy (non-hydrogen) atoms. The molecule has 0 aliphatic rings. The third-order valence-electron chi connectivity index (χ3n) is 2.02. The van der Waals surface area contributed by atoms with Crippen molar-refractivity contribution >= 4 is 37.3 Å². The minimum atomic E-state index is -1.29. The second kappa shape index (κ2) is 8.68. The molecule has 1 aromatic carbocycles. The van der Waals surface area contributed by atoms with Gasteiger partial charge in [0.05, 0.1) is 0 Å². The van der Waals surface area contributed by atoms with Gasteiger partial charge in [0.1, 0.15) is 0 Å². The summed E-state index contributed by atoms with van der Waals surface area (Å²) < 4.78 is 1.65. The molecule has 0 unspecified atom stereocenters. The molecule has 1 aromatic rings. The molecule has 0 saturated carbocycles. The molecule has 0 radical (unpaired) electrons. The van der Waals surface area contributed by atoms with Gasteiger partial charge in [-0.05, 0) is 0 Å². The van der Waals surface area contributed by atoms with Gasteiger partial charge in [0.15, 0.2) is 0 Å². The first kappa shape index (κ1) is 13.6. The number of rotatable bonds is 7. The van der Waals surface area contributed by atoms with Gasteiger partial charge >= 0.3 is 106 Å². The fraction of sp³-hybridized carbons (Fsp3) is 0.500. The first-order valence-electron chi connectivity index (χ1n) is 5.66. The minimum absolute atomic E-state index is 1.29. The van der Waals surface area contributed by atoms with Gasteiger partial charge < -0.3 is 0 Å². The summed E-state index contributed by atoms with van der Waals surface area (Å²) in [5.74, 6) is 2.69. The first-order valence-corrected chi connectivity index (χ1v) is 14.9. The van der Waals surface area contributed by atoms with E-state index in [2.05, 4.69) is 63.6 Å². The maximum absolute atomic E-state index is 2.33. The summed E-state index contributed by atoms with van der Waals surface area (Å²) in [4.78, 5) is 0. The molecule has 0 amide bonds. The van der Waals surface area contributed by atoms with E-state index in [0.717, 1.165) is 0 Å². The molecule has 82 valence electrons. The molecular weight excluding hydrogens is 278 g/mol. The standard InChI is InChI=1S/C6H5.2C3H8S.Ga/c1-2-4-6-5-3-1;2*1-2-3-4;/h1-5H;2*4H,2-3H2,1H3;/q;;;+2/p-2. The molecule has 0 aliphatic heterocycles. The Kier molecular flexibility index (Phi) is 7.88. The second-order valence-corrected chi connectivity index (χ2v) is 18.4. The van der Waals surface area contributed by atoms with E-state index in [1.165, 1.54) is 24.3 Å². The molecule has 0 saturated heterocycles. The number of hydrogen-bond acceptors (Lipinski definition) is 2. The fourth-order valence-corrected chi connectivity index (χ4v) is 18.6. The van der Waals surface area contributed by atoms with Gasteiger partial charge in [-0.2, -0.15) is 0 Å². The van der Waals surface area contributed by atoms with Crippen molar-refractivity contribution in [2.45, 2.75) is 26.7 Å². The Labute approximate surface area is 105 Å². The predicted molar refractivity (Wildman–Crippen MR) is 77.3 cm³/mol. The van der Waals surface area contributed by atoms with Crippen LogP contribution in [0.4, 0.5) is 0 Å². The molecule has 3 heteroatoms. The van der Waals surface area contributed by atoms with Crippen molar-refractivity contribution in [1.82, 2.24) is 0 Å². The molecule has 0 atom stereocenters. The summed E-state index contributed by atoms with van der Waals surface area (Å²) in [6, 6.07) is 11.2. The van der Waals surface area contributed by atoms with Crippen molar-refractivity contribution in [3.05, 3.63) is 30.3 Å². The van der Waals surface area contributed by atoms with Gasteiger partial charge in [0.2, 0.25) is 0 Å². The first-order chi connectivity index (χ1) is 7.38. The van der Waals surface area contributed by atoms with E-state index >= 15 is 0 Å². The van der Waals surface area contributed by atoms with Gasteiger partial charge in [-0.1, -0.05) is 0 Å². The maximum atomic E-state index is 2.33. The summed E-state index contributed by atoms with van der Waals surface area (Å²) in [6.45, 7) is 4.56. The van der Waals surface area contributed by atoms with E-state index < -0.39 is 13.8 Å². The molecule has 0 aliphatic carbocycles. The molecule has 0 nitrogen and oxygen atoms in total. The number of benzene rings is 1. The Balaban J connectivity index is 2.55. The van der Waals surface area contributed by atoms with Crippen molar-refractivity contribution in [3.8, 4) is 0 Å². The number of hydrogen-bond donors (Lipinski definition) is 0. The molecular formula is C12H19GaS2. The van der Waals surface area contributed by atoms with Gasteiger partial charge in [0.25, 0.3) is 0 Å². The van der Waals surface area contributed by atoms with Crippen LogP contribution in [0.25, 0.3) is 0 Å². The second-order valence-electron chi connectivity index (χ2n) is 3.48. The Morgan fingerprint density at radius 2 is 1.47 bits per heavy atom. The monoisotopic (exact) mass is 296 g/mol. The van der Waals surface area contributed by atoms with Crippen LogP contribution in [0, 0.1) is 0 Å². The van der Waals surface area contributed by atoms with Crippen LogP contribution in [-0.4, -0.2) is 25.3 Å². The fourth-order valence-electron chi connectivity index (χ4n) is 1.30. The van der Waals surface area contributed by atoms with E-state index in [1.54, 1.807) is 4.12 Å². The normalized spacial score (nSPS) is 10.3. The Bertz CT molecular complexity index is 243. The summed E-state index contributed by atoms with van der Waals surface area (Å²) in [7, 11) is 4.53. The third kappa shape index (κ3) is 5.43. The van der Waals surface area contributed by atoms with Crippen LogP contribution in [0.2, 0.25) is 0 Å². The SMILES string of the molecule is CCC[S][Ga]([S]CCC)[c]1ccccc1. The van der Waals surface area contributed by atoms with Gasteiger partial charge in [0, 0.05) is 0 Å². The van der Waals surface area contributed by atoms with Gasteiger partial charge in [-0.15, -0.1) is 0 Å². The molecule has 0 fully saturated rings. The Morgan fingerprint density at radius 3 is 1.93 bits per heavy atom. The topological polar surface area (TPSA) is 0 Å². The Morgan fingerprint density at radius 1 is 0.933 bits per heavy atom. The molecule has 1 rings (SSSR count). The van der Waals surface area contributed by atoms with E-state index in [1.807, 2.05) is 0 Å². The Hall–Kier alpha value is 0.556. The zero-order valence-electron chi connectivity index (χ0n) is 9.61. The summed E-state index contributed by atoms with van der Waals surface area (Å²) in [5, 5.41) is 0. The van der Waals surface area contributed by atoms with Gasteiger partial charge in [-0.25, -0.2) is 0 Å². The van der Waals surface area contributed by atoms with Crippen LogP contribution in [0.1, 0.15) is 26.7 Å². The average molecular weight is 297 g/mol. The van der Waals surface area contributed by atoms with E-state index in [-0.39, 0.29) is 0 Å². The van der Waals surface area contributed by atoms with Crippen LogP contribution < -0.4 is 4.12 Å². The van der Waals surface area contributed by atoms with Crippen LogP contribution >= 0.6 is 19.4 Å². The summed E-state index contributed by atoms with van der Waals surface area (Å²) >= 11 is -1.29. The predicted octanol–water partition coefficient (Wildman–Crippen LogP) is 3.67. The van der Waals surface area contributed by atoms with Crippen molar-refractivity contribution in [3.63, 3.8) is 0 Å². The van der Waals surface area contributed by atoms with Crippen molar-refractivity contribution < 1.29 is 0 Å². The van der Waals surface area contributed by atoms with Crippen molar-refractivity contribution in [2.24, 2.45) is 0 Å². The molecule has 0 aromatic heterocycles. The average Bonchev–Trinajstić information content (AvgIpc) is 2.30. The van der Waals surface area contributed by atoms with Crippen LogP contribution in [0.15, 0.2) is 30.3 Å². The quantitative estimate of drug-likeness (QED) is 0.704. The van der Waals surface area contributed by atoms with Crippen LogP contribution in [0.5, 0.6) is 0 Å². The summed E-state index contributed by atoms with van der Waals surface area (Å²) in [5.41, 5.74) is 0. The van der Waals surface area contributed by atoms with Gasteiger partial charge in [-0.3, -0.25) is 0 Å². The van der Waals surface area contributed by atoms with E-state index in [0.29, 0.717) is 0 Å². The molecule has 0 bridgehead atoms. The van der Waals surface area contributed by atoms with Crippen LogP contribution in [0.3, 0.4) is 0 Å². The van der Waals surface area contributed by atoms with Crippen molar-refractivity contribution in [2.75, 3.05) is 11.5 Å². The zero-order chi connectivity index (χ0) is 10.9. The van der Waals surface area contributed by atoms with Crippen LogP contribution in [-0.2, 0) is 0 Å². The molecule has 0 spiro atoms. The third-order valence-corrected chi connectivity index (χ3v) is 19.7. The summed E-state index contributed by atoms with van der Waals surface area (Å²) in [6.07, 6.45) is 2.62. The van der Waals surface area contributed by atoms with E-state index in [4.69, 9.17) is 0 Å². The van der Waals surface area contributed by atoms with Crippen molar-refractivity contribution in [1.29, 1.82) is 0 Å².